The topological polar surface area (TPSA) is 43.4 Å². The quantitative estimate of drug-likeness (QED) is 0.740. The summed E-state index contributed by atoms with van der Waals surface area (Å²) in [7, 11) is 0. The van der Waals surface area contributed by atoms with Gasteiger partial charge in [-0.3, -0.25) is 9.59 Å². The largest absolute Gasteiger partial charge is 0.453 e. The minimum absolute atomic E-state index is 0.0123. The minimum atomic E-state index is -0.723. The van der Waals surface area contributed by atoms with E-state index in [-0.39, 0.29) is 11.2 Å². The van der Waals surface area contributed by atoms with Gasteiger partial charge in [-0.15, -0.1) is 0 Å². The highest BCUT2D eigenvalue weighted by Crippen LogP contribution is 2.43. The first kappa shape index (κ1) is 15.7. The van der Waals surface area contributed by atoms with Crippen molar-refractivity contribution in [3.05, 3.63) is 34.4 Å². The van der Waals surface area contributed by atoms with Gasteiger partial charge in [-0.1, -0.05) is 46.8 Å². The average molecular weight is 288 g/mol. The zero-order valence-corrected chi connectivity index (χ0v) is 14.0. The lowest BCUT2D eigenvalue weighted by Crippen LogP contribution is -2.36. The second kappa shape index (κ2) is 4.69. The van der Waals surface area contributed by atoms with Gasteiger partial charge in [-0.25, -0.2) is 0 Å². The van der Waals surface area contributed by atoms with Crippen LogP contribution in [-0.4, -0.2) is 17.9 Å². The number of ether oxygens (including phenoxy) is 1. The van der Waals surface area contributed by atoms with E-state index >= 15 is 0 Å². The summed E-state index contributed by atoms with van der Waals surface area (Å²) in [5.41, 5.74) is 3.39. The molecule has 0 N–H and O–H groups in total. The van der Waals surface area contributed by atoms with Crippen LogP contribution in [0.2, 0.25) is 0 Å². The van der Waals surface area contributed by atoms with Crippen molar-refractivity contribution in [3.63, 3.8) is 0 Å². The van der Waals surface area contributed by atoms with Gasteiger partial charge in [0.1, 0.15) is 0 Å². The number of carbonyl (C=O) groups excluding carboxylic acids is 2. The molecule has 1 aliphatic carbocycles. The zero-order valence-electron chi connectivity index (χ0n) is 14.0. The highest BCUT2D eigenvalue weighted by molar-refractivity contribution is 6.07. The van der Waals surface area contributed by atoms with Gasteiger partial charge < -0.3 is 4.74 Å². The molecular weight excluding hydrogens is 264 g/mol. The molecule has 0 aliphatic heterocycles. The smallest absolute Gasteiger partial charge is 0.303 e. The fourth-order valence-electron chi connectivity index (χ4n) is 3.02. The van der Waals surface area contributed by atoms with Gasteiger partial charge in [0, 0.05) is 17.9 Å². The van der Waals surface area contributed by atoms with E-state index in [4.69, 9.17) is 4.74 Å². The highest BCUT2D eigenvalue weighted by atomic mass is 16.5. The first-order chi connectivity index (χ1) is 9.46. The number of hydrogen-bond donors (Lipinski definition) is 0. The number of ketones is 1. The Morgan fingerprint density at radius 1 is 1.24 bits per heavy atom. The van der Waals surface area contributed by atoms with E-state index in [9.17, 15) is 9.59 Å². The molecular formula is C18H24O3. The summed E-state index contributed by atoms with van der Waals surface area (Å²) in [6.07, 6.45) is -0.723. The van der Waals surface area contributed by atoms with E-state index in [0.717, 1.165) is 16.7 Å². The number of esters is 1. The zero-order chi connectivity index (χ0) is 16.2. The van der Waals surface area contributed by atoms with Crippen LogP contribution in [0.1, 0.15) is 68.6 Å². The Labute approximate surface area is 126 Å². The molecule has 3 nitrogen and oxygen atoms in total. The molecule has 0 amide bonds. The summed E-state index contributed by atoms with van der Waals surface area (Å²) < 4.78 is 5.31. The van der Waals surface area contributed by atoms with Crippen LogP contribution >= 0.6 is 0 Å². The average Bonchev–Trinajstić information content (AvgIpc) is 2.49. The molecule has 1 aromatic carbocycles. The third kappa shape index (κ3) is 2.50. The molecule has 0 radical (unpaired) electrons. The Hall–Kier alpha value is -1.64. The molecule has 0 saturated heterocycles. The molecule has 0 fully saturated rings. The van der Waals surface area contributed by atoms with Crippen LogP contribution in [-0.2, 0) is 20.4 Å². The molecule has 114 valence electrons. The van der Waals surface area contributed by atoms with E-state index in [1.54, 1.807) is 0 Å². The Morgan fingerprint density at radius 2 is 1.81 bits per heavy atom. The van der Waals surface area contributed by atoms with Gasteiger partial charge in [0.05, 0.1) is 0 Å². The number of rotatable bonds is 1. The maximum atomic E-state index is 12.7. The summed E-state index contributed by atoms with van der Waals surface area (Å²) in [6, 6.07) is 4.17. The van der Waals surface area contributed by atoms with Crippen LogP contribution in [0.15, 0.2) is 12.1 Å². The van der Waals surface area contributed by atoms with E-state index in [0.29, 0.717) is 0 Å². The Bertz CT molecular complexity index is 618. The summed E-state index contributed by atoms with van der Waals surface area (Å²) in [5.74, 6) is -0.494. The SMILES string of the molecule is CC(=O)OC1C(=O)c2c(C)cc(C(C)(C)C)cc2C1(C)C. The lowest BCUT2D eigenvalue weighted by atomic mass is 9.79. The van der Waals surface area contributed by atoms with Crippen LogP contribution in [0.5, 0.6) is 0 Å². The summed E-state index contributed by atoms with van der Waals surface area (Å²) >= 11 is 0. The maximum Gasteiger partial charge on any atom is 0.303 e. The molecule has 1 aliphatic rings. The second-order valence-electron chi connectivity index (χ2n) is 7.54. The molecule has 2 rings (SSSR count). The standard InChI is InChI=1S/C18H24O3/c1-10-8-12(17(3,4)5)9-13-14(10)15(20)16(18(13,6)7)21-11(2)19/h8-9,16H,1-7H3. The fraction of sp³-hybridized carbons (Fsp3) is 0.556. The minimum Gasteiger partial charge on any atom is -0.453 e. The number of hydrogen-bond acceptors (Lipinski definition) is 3. The van der Waals surface area contributed by atoms with Gasteiger partial charge in [0.25, 0.3) is 0 Å². The summed E-state index contributed by atoms with van der Waals surface area (Å²) in [4.78, 5) is 24.0. The number of carbonyl (C=O) groups is 2. The third-order valence-corrected chi connectivity index (χ3v) is 4.32. The lowest BCUT2D eigenvalue weighted by molar-refractivity contribution is -0.146. The molecule has 0 spiro atoms. The van der Waals surface area contributed by atoms with E-state index in [1.165, 1.54) is 12.5 Å². The Balaban J connectivity index is 2.64. The van der Waals surface area contributed by atoms with Crippen LogP contribution in [0, 0.1) is 6.92 Å². The molecule has 0 bridgehead atoms. The number of Topliss-reactive ketones (excluding diaryl/α,β-unsaturated/α-hetero) is 1. The van der Waals surface area contributed by atoms with Gasteiger partial charge in [-0.05, 0) is 29.0 Å². The number of aryl methyl sites for hydroxylation is 1. The Kier molecular flexibility index (Phi) is 3.51. The first-order valence-corrected chi connectivity index (χ1v) is 7.33. The predicted molar refractivity (Wildman–Crippen MR) is 82.8 cm³/mol. The van der Waals surface area contributed by atoms with Crippen LogP contribution < -0.4 is 0 Å². The van der Waals surface area contributed by atoms with E-state index in [2.05, 4.69) is 32.9 Å². The third-order valence-electron chi connectivity index (χ3n) is 4.32. The van der Waals surface area contributed by atoms with Gasteiger partial charge >= 0.3 is 5.97 Å². The van der Waals surface area contributed by atoms with Crippen molar-refractivity contribution >= 4 is 11.8 Å². The lowest BCUT2D eigenvalue weighted by Gasteiger charge is -2.28. The number of fused-ring (bicyclic) bond motifs is 1. The van der Waals surface area contributed by atoms with Crippen LogP contribution in [0.4, 0.5) is 0 Å². The van der Waals surface area contributed by atoms with Crippen molar-refractivity contribution in [1.82, 2.24) is 0 Å². The summed E-state index contributed by atoms with van der Waals surface area (Å²) in [6.45, 7) is 13.7. The molecule has 0 heterocycles. The molecule has 3 heteroatoms. The van der Waals surface area contributed by atoms with Crippen molar-refractivity contribution in [2.24, 2.45) is 0 Å². The molecule has 1 atom stereocenters. The normalized spacial score (nSPS) is 20.3. The molecule has 1 aromatic rings. The highest BCUT2D eigenvalue weighted by Gasteiger charge is 2.49. The summed E-state index contributed by atoms with van der Waals surface area (Å²) in [5, 5.41) is 0. The van der Waals surface area contributed by atoms with Crippen LogP contribution in [0.25, 0.3) is 0 Å². The van der Waals surface area contributed by atoms with Crippen molar-refractivity contribution in [1.29, 1.82) is 0 Å². The fourth-order valence-corrected chi connectivity index (χ4v) is 3.02. The number of benzene rings is 1. The van der Waals surface area contributed by atoms with Gasteiger partial charge in [0.2, 0.25) is 5.78 Å². The molecule has 1 unspecified atom stereocenters. The van der Waals surface area contributed by atoms with E-state index < -0.39 is 17.5 Å². The van der Waals surface area contributed by atoms with Gasteiger partial charge in [-0.2, -0.15) is 0 Å². The monoisotopic (exact) mass is 288 g/mol. The first-order valence-electron chi connectivity index (χ1n) is 7.33. The van der Waals surface area contributed by atoms with Crippen molar-refractivity contribution in [3.8, 4) is 0 Å². The van der Waals surface area contributed by atoms with Crippen molar-refractivity contribution in [2.45, 2.75) is 65.4 Å². The Morgan fingerprint density at radius 3 is 2.29 bits per heavy atom. The van der Waals surface area contributed by atoms with Crippen molar-refractivity contribution < 1.29 is 14.3 Å². The molecule has 21 heavy (non-hydrogen) atoms. The molecule has 0 aromatic heterocycles. The van der Waals surface area contributed by atoms with E-state index in [1.807, 2.05) is 20.8 Å². The van der Waals surface area contributed by atoms with Crippen LogP contribution in [0.3, 0.4) is 0 Å². The maximum absolute atomic E-state index is 12.7. The van der Waals surface area contributed by atoms with Crippen molar-refractivity contribution in [2.75, 3.05) is 0 Å². The molecule has 0 saturated carbocycles. The predicted octanol–water partition coefficient (Wildman–Crippen LogP) is 3.70. The van der Waals surface area contributed by atoms with Gasteiger partial charge in [0.15, 0.2) is 6.10 Å². The second-order valence-corrected chi connectivity index (χ2v) is 7.54.